The van der Waals surface area contributed by atoms with Crippen molar-refractivity contribution in [3.8, 4) is 0 Å². The first kappa shape index (κ1) is 9.18. The van der Waals surface area contributed by atoms with Crippen molar-refractivity contribution >= 4 is 7.49 Å². The summed E-state index contributed by atoms with van der Waals surface area (Å²) in [6.07, 6.45) is 5.58. The molecule has 0 aliphatic carbocycles. The largest absolute Gasteiger partial charge is 0.380 e. The summed E-state index contributed by atoms with van der Waals surface area (Å²) in [5.41, 5.74) is 1.31. The third-order valence-corrected chi connectivity index (χ3v) is 5.97. The molecule has 1 aliphatic rings. The second kappa shape index (κ2) is 3.77. The van der Waals surface area contributed by atoms with E-state index in [1.54, 1.807) is 0 Å². The molecule has 0 spiro atoms. The highest BCUT2D eigenvalue weighted by Crippen LogP contribution is 2.62. The summed E-state index contributed by atoms with van der Waals surface area (Å²) in [6, 6.07) is 10.4. The van der Waals surface area contributed by atoms with Gasteiger partial charge in [-0.1, -0.05) is 30.3 Å². The highest BCUT2D eigenvalue weighted by atomic mass is 31.2. The Labute approximate surface area is 80.2 Å². The lowest BCUT2D eigenvalue weighted by Gasteiger charge is -2.24. The predicted octanol–water partition coefficient (Wildman–Crippen LogP) is 2.91. The topological polar surface area (TPSA) is 20.2 Å². The molecular weight excluding hydrogens is 179 g/mol. The summed E-state index contributed by atoms with van der Waals surface area (Å²) < 4.78 is 0. The van der Waals surface area contributed by atoms with Gasteiger partial charge >= 0.3 is 0 Å². The van der Waals surface area contributed by atoms with Crippen LogP contribution in [0.3, 0.4) is 0 Å². The number of hydrogen-bond donors (Lipinski definition) is 1. The molecule has 0 aromatic heterocycles. The van der Waals surface area contributed by atoms with Crippen LogP contribution in [0, 0.1) is 0 Å². The minimum absolute atomic E-state index is 0.938. The van der Waals surface area contributed by atoms with Crippen molar-refractivity contribution in [2.45, 2.75) is 19.0 Å². The third kappa shape index (κ3) is 2.30. The van der Waals surface area contributed by atoms with Gasteiger partial charge in [-0.3, -0.25) is 0 Å². The highest BCUT2D eigenvalue weighted by molar-refractivity contribution is 7.69. The van der Waals surface area contributed by atoms with Gasteiger partial charge in [0.25, 0.3) is 0 Å². The van der Waals surface area contributed by atoms with Gasteiger partial charge in [-0.05, 0) is 38.2 Å². The van der Waals surface area contributed by atoms with Gasteiger partial charge in [-0.15, -0.1) is 0 Å². The van der Waals surface area contributed by atoms with Crippen LogP contribution in [-0.2, 0) is 6.16 Å². The maximum absolute atomic E-state index is 10.3. The van der Waals surface area contributed by atoms with Crippen LogP contribution in [0.5, 0.6) is 0 Å². The van der Waals surface area contributed by atoms with E-state index in [1.807, 2.05) is 6.07 Å². The van der Waals surface area contributed by atoms with E-state index in [2.05, 4.69) is 24.3 Å². The lowest BCUT2D eigenvalue weighted by atomic mass is 10.2. The van der Waals surface area contributed by atoms with Gasteiger partial charge in [-0.2, -0.15) is 0 Å². The van der Waals surface area contributed by atoms with Crippen LogP contribution in [0.1, 0.15) is 18.4 Å². The van der Waals surface area contributed by atoms with Crippen molar-refractivity contribution in [2.75, 3.05) is 12.3 Å². The zero-order valence-corrected chi connectivity index (χ0v) is 8.71. The van der Waals surface area contributed by atoms with E-state index in [1.165, 1.54) is 18.4 Å². The van der Waals surface area contributed by atoms with Crippen LogP contribution in [-0.4, -0.2) is 17.2 Å². The van der Waals surface area contributed by atoms with Crippen LogP contribution in [0.4, 0.5) is 0 Å². The smallest absolute Gasteiger partial charge is 0.0115 e. The van der Waals surface area contributed by atoms with Crippen molar-refractivity contribution in [3.05, 3.63) is 35.9 Å². The molecule has 1 radical (unpaired) electrons. The molecule has 0 saturated carbocycles. The molecule has 1 fully saturated rings. The summed E-state index contributed by atoms with van der Waals surface area (Å²) >= 11 is 0. The molecule has 71 valence electrons. The molecule has 1 aromatic carbocycles. The van der Waals surface area contributed by atoms with Crippen LogP contribution in [0.2, 0.25) is 0 Å². The number of benzene rings is 1. The molecule has 0 atom stereocenters. The molecule has 1 heterocycles. The van der Waals surface area contributed by atoms with Crippen LogP contribution < -0.4 is 0 Å². The monoisotopic (exact) mass is 195 g/mol. The molecule has 2 heteroatoms. The van der Waals surface area contributed by atoms with Crippen LogP contribution >= 0.6 is 7.49 Å². The molecule has 1 saturated heterocycles. The maximum Gasteiger partial charge on any atom is 0.0115 e. The van der Waals surface area contributed by atoms with E-state index >= 15 is 0 Å². The molecule has 0 unspecified atom stereocenters. The van der Waals surface area contributed by atoms with Crippen molar-refractivity contribution in [1.82, 2.24) is 0 Å². The normalized spacial score (nSPS) is 20.4. The first-order chi connectivity index (χ1) is 6.29. The molecule has 13 heavy (non-hydrogen) atoms. The minimum atomic E-state index is -1.54. The minimum Gasteiger partial charge on any atom is -0.380 e. The fourth-order valence-corrected chi connectivity index (χ4v) is 5.06. The van der Waals surface area contributed by atoms with Gasteiger partial charge in [-0.25, -0.2) is 0 Å². The van der Waals surface area contributed by atoms with Crippen LogP contribution in [0.15, 0.2) is 30.3 Å². The van der Waals surface area contributed by atoms with Gasteiger partial charge in [0.15, 0.2) is 0 Å². The van der Waals surface area contributed by atoms with Crippen molar-refractivity contribution < 1.29 is 4.89 Å². The molecule has 1 N–H and O–H groups in total. The van der Waals surface area contributed by atoms with Gasteiger partial charge in [0.1, 0.15) is 0 Å². The fraction of sp³-hybridized carbons (Fsp3) is 0.455. The molecular formula is C11H16OP. The molecule has 1 nitrogen and oxygen atoms in total. The summed E-state index contributed by atoms with van der Waals surface area (Å²) in [4.78, 5) is 10.3. The first-order valence-corrected chi connectivity index (χ1v) is 7.21. The Morgan fingerprint density at radius 3 is 2.31 bits per heavy atom. The zero-order chi connectivity index (χ0) is 9.15. The lowest BCUT2D eigenvalue weighted by molar-refractivity contribution is 0.603. The second-order valence-electron chi connectivity index (χ2n) is 3.89. The summed E-state index contributed by atoms with van der Waals surface area (Å²) in [5.74, 6) is 0. The summed E-state index contributed by atoms with van der Waals surface area (Å²) in [6.45, 7) is 0. The first-order valence-electron chi connectivity index (χ1n) is 4.91. The molecule has 0 bridgehead atoms. The Balaban J connectivity index is 2.05. The summed E-state index contributed by atoms with van der Waals surface area (Å²) in [7, 11) is -1.54. The van der Waals surface area contributed by atoms with Crippen molar-refractivity contribution in [1.29, 1.82) is 0 Å². The average molecular weight is 195 g/mol. The van der Waals surface area contributed by atoms with Crippen molar-refractivity contribution in [2.24, 2.45) is 0 Å². The summed E-state index contributed by atoms with van der Waals surface area (Å²) in [5, 5.41) is 0. The van der Waals surface area contributed by atoms with Gasteiger partial charge < -0.3 is 4.89 Å². The average Bonchev–Trinajstić information content (AvgIpc) is 2.54. The second-order valence-corrected chi connectivity index (χ2v) is 7.29. The Morgan fingerprint density at radius 1 is 1.08 bits per heavy atom. The van der Waals surface area contributed by atoms with Gasteiger partial charge in [0, 0.05) is 6.16 Å². The lowest BCUT2D eigenvalue weighted by Crippen LogP contribution is -1.97. The van der Waals surface area contributed by atoms with E-state index < -0.39 is 7.49 Å². The Bertz CT molecular complexity index is 265. The molecule has 1 aromatic rings. The Hall–Kier alpha value is -0.390. The Morgan fingerprint density at radius 2 is 1.69 bits per heavy atom. The molecule has 1 aliphatic heterocycles. The third-order valence-electron chi connectivity index (χ3n) is 2.72. The quantitative estimate of drug-likeness (QED) is 0.719. The standard InChI is InChI=1S/C11H16OP/c12-13(8-4-5-9-13)10-11-6-2-1-3-7-11/h1-3,6-7,12H,4-5,8-10H2. The maximum atomic E-state index is 10.3. The number of rotatable bonds is 2. The fourth-order valence-electron chi connectivity index (χ4n) is 2.01. The van der Waals surface area contributed by atoms with E-state index in [0.717, 1.165) is 18.5 Å². The zero-order valence-electron chi connectivity index (χ0n) is 7.82. The van der Waals surface area contributed by atoms with E-state index in [-0.39, 0.29) is 0 Å². The van der Waals surface area contributed by atoms with E-state index in [0.29, 0.717) is 0 Å². The van der Waals surface area contributed by atoms with Crippen molar-refractivity contribution in [3.63, 3.8) is 0 Å². The van der Waals surface area contributed by atoms with E-state index in [4.69, 9.17) is 0 Å². The Kier molecular flexibility index (Phi) is 2.66. The van der Waals surface area contributed by atoms with E-state index in [9.17, 15) is 4.89 Å². The SMILES string of the molecule is O[P]1(Cc2ccccc2)CCCC1. The molecule has 2 rings (SSSR count). The highest BCUT2D eigenvalue weighted by Gasteiger charge is 2.28. The van der Waals surface area contributed by atoms with Gasteiger partial charge in [0.2, 0.25) is 0 Å². The van der Waals surface area contributed by atoms with Crippen LogP contribution in [0.25, 0.3) is 0 Å². The van der Waals surface area contributed by atoms with Gasteiger partial charge in [0.05, 0.1) is 0 Å². The number of hydrogen-bond acceptors (Lipinski definition) is 1. The predicted molar refractivity (Wildman–Crippen MR) is 58.3 cm³/mol. The molecule has 0 amide bonds.